The van der Waals surface area contributed by atoms with Crippen LogP contribution in [0.1, 0.15) is 40.5 Å². The van der Waals surface area contributed by atoms with Gasteiger partial charge in [-0.25, -0.2) is 0 Å². The summed E-state index contributed by atoms with van der Waals surface area (Å²) < 4.78 is 0. The summed E-state index contributed by atoms with van der Waals surface area (Å²) in [6, 6.07) is 6.96. The first-order valence-electron chi connectivity index (χ1n) is 6.30. The van der Waals surface area contributed by atoms with Crippen LogP contribution in [-0.2, 0) is 0 Å². The van der Waals surface area contributed by atoms with Gasteiger partial charge in [-0.1, -0.05) is 19.1 Å². The highest BCUT2D eigenvalue weighted by Gasteiger charge is 2.24. The van der Waals surface area contributed by atoms with Gasteiger partial charge >= 0.3 is 0 Å². The number of carbonyl (C=O) groups excluding carboxylic acids is 2. The Kier molecular flexibility index (Phi) is 3.77. The molecular formula is C14H18N2O2. The van der Waals surface area contributed by atoms with Crippen molar-refractivity contribution in [3.63, 3.8) is 0 Å². The van der Waals surface area contributed by atoms with E-state index in [1.54, 1.807) is 29.2 Å². The number of benzene rings is 1. The average Bonchev–Trinajstić information content (AvgIpc) is 2.84. The van der Waals surface area contributed by atoms with Crippen LogP contribution in [-0.4, -0.2) is 35.7 Å². The van der Waals surface area contributed by atoms with Crippen molar-refractivity contribution < 1.29 is 9.59 Å². The zero-order valence-electron chi connectivity index (χ0n) is 10.6. The SMILES string of the molecule is CCC(=O)c1ccc(C(=O)N2CC[C@@H](N)C2)cc1. The molecule has 1 aromatic rings. The van der Waals surface area contributed by atoms with Gasteiger partial charge in [0.1, 0.15) is 0 Å². The highest BCUT2D eigenvalue weighted by atomic mass is 16.2. The minimum absolute atomic E-state index is 0.00144. The Hall–Kier alpha value is -1.68. The van der Waals surface area contributed by atoms with Crippen LogP contribution >= 0.6 is 0 Å². The number of nitrogens with zero attached hydrogens (tertiary/aromatic N) is 1. The molecule has 96 valence electrons. The lowest BCUT2D eigenvalue weighted by Crippen LogP contribution is -2.31. The van der Waals surface area contributed by atoms with E-state index >= 15 is 0 Å². The quantitative estimate of drug-likeness (QED) is 0.821. The summed E-state index contributed by atoms with van der Waals surface area (Å²) in [5.74, 6) is 0.0932. The molecular weight excluding hydrogens is 228 g/mol. The fourth-order valence-corrected chi connectivity index (χ4v) is 2.16. The van der Waals surface area contributed by atoms with Gasteiger partial charge in [-0.15, -0.1) is 0 Å². The first kappa shape index (κ1) is 12.8. The van der Waals surface area contributed by atoms with E-state index in [1.165, 1.54) is 0 Å². The summed E-state index contributed by atoms with van der Waals surface area (Å²) in [5.41, 5.74) is 7.07. The molecule has 4 nitrogen and oxygen atoms in total. The first-order valence-corrected chi connectivity index (χ1v) is 6.30. The third-order valence-corrected chi connectivity index (χ3v) is 3.29. The molecule has 0 radical (unpaired) electrons. The van der Waals surface area contributed by atoms with E-state index in [9.17, 15) is 9.59 Å². The molecule has 1 atom stereocenters. The molecule has 0 aromatic heterocycles. The molecule has 18 heavy (non-hydrogen) atoms. The standard InChI is InChI=1S/C14H18N2O2/c1-2-13(17)10-3-5-11(6-4-10)14(18)16-8-7-12(15)9-16/h3-6,12H,2,7-9,15H2,1H3/t12-/m1/s1. The van der Waals surface area contributed by atoms with E-state index in [0.29, 0.717) is 24.1 Å². The predicted molar refractivity (Wildman–Crippen MR) is 69.6 cm³/mol. The van der Waals surface area contributed by atoms with Crippen molar-refractivity contribution in [2.45, 2.75) is 25.8 Å². The molecule has 1 aromatic carbocycles. The molecule has 1 amide bonds. The lowest BCUT2D eigenvalue weighted by atomic mass is 10.1. The Labute approximate surface area is 107 Å². The van der Waals surface area contributed by atoms with Crippen LogP contribution in [0, 0.1) is 0 Å². The van der Waals surface area contributed by atoms with Crippen molar-refractivity contribution >= 4 is 11.7 Å². The molecule has 1 aliphatic heterocycles. The zero-order valence-corrected chi connectivity index (χ0v) is 10.6. The van der Waals surface area contributed by atoms with E-state index in [4.69, 9.17) is 5.73 Å². The Balaban J connectivity index is 2.10. The molecule has 1 saturated heterocycles. The molecule has 1 heterocycles. The number of amides is 1. The largest absolute Gasteiger partial charge is 0.337 e. The molecule has 0 bridgehead atoms. The highest BCUT2D eigenvalue weighted by Crippen LogP contribution is 2.14. The highest BCUT2D eigenvalue weighted by molar-refractivity contribution is 5.98. The average molecular weight is 246 g/mol. The van der Waals surface area contributed by atoms with Crippen LogP contribution in [0.3, 0.4) is 0 Å². The zero-order chi connectivity index (χ0) is 13.1. The van der Waals surface area contributed by atoms with E-state index in [-0.39, 0.29) is 17.7 Å². The summed E-state index contributed by atoms with van der Waals surface area (Å²) >= 11 is 0. The maximum absolute atomic E-state index is 12.1. The molecule has 0 unspecified atom stereocenters. The number of rotatable bonds is 3. The van der Waals surface area contributed by atoms with Gasteiger partial charge in [0.15, 0.2) is 5.78 Å². The van der Waals surface area contributed by atoms with Crippen LogP contribution in [0.25, 0.3) is 0 Å². The smallest absolute Gasteiger partial charge is 0.253 e. The van der Waals surface area contributed by atoms with Crippen molar-refractivity contribution in [1.82, 2.24) is 4.90 Å². The summed E-state index contributed by atoms with van der Waals surface area (Å²) in [7, 11) is 0. The number of nitrogens with two attached hydrogens (primary N) is 1. The van der Waals surface area contributed by atoms with Crippen molar-refractivity contribution in [3.8, 4) is 0 Å². The van der Waals surface area contributed by atoms with Gasteiger partial charge in [-0.05, 0) is 18.6 Å². The summed E-state index contributed by atoms with van der Waals surface area (Å²) in [6.07, 6.45) is 1.34. The van der Waals surface area contributed by atoms with Crippen LogP contribution in [0.15, 0.2) is 24.3 Å². The third-order valence-electron chi connectivity index (χ3n) is 3.29. The molecule has 1 aliphatic rings. The topological polar surface area (TPSA) is 63.4 Å². The van der Waals surface area contributed by atoms with Gasteiger partial charge in [-0.2, -0.15) is 0 Å². The number of Topliss-reactive ketones (excluding diaryl/α,β-unsaturated/α-hetero) is 1. The minimum atomic E-state index is -0.00144. The number of hydrogen-bond donors (Lipinski definition) is 1. The summed E-state index contributed by atoms with van der Waals surface area (Å²) in [6.45, 7) is 3.16. The van der Waals surface area contributed by atoms with Gasteiger partial charge in [0.25, 0.3) is 5.91 Å². The fourth-order valence-electron chi connectivity index (χ4n) is 2.16. The van der Waals surface area contributed by atoms with Crippen LogP contribution < -0.4 is 5.73 Å². The Morgan fingerprint density at radius 3 is 2.39 bits per heavy atom. The van der Waals surface area contributed by atoms with Gasteiger partial charge < -0.3 is 10.6 Å². The molecule has 0 saturated carbocycles. The molecule has 0 aliphatic carbocycles. The molecule has 1 fully saturated rings. The Morgan fingerprint density at radius 1 is 1.28 bits per heavy atom. The van der Waals surface area contributed by atoms with Crippen LogP contribution in [0.5, 0.6) is 0 Å². The lowest BCUT2D eigenvalue weighted by molar-refractivity contribution is 0.0790. The lowest BCUT2D eigenvalue weighted by Gasteiger charge is -2.15. The van der Waals surface area contributed by atoms with Gasteiger partial charge in [0.05, 0.1) is 0 Å². The van der Waals surface area contributed by atoms with Crippen LogP contribution in [0.2, 0.25) is 0 Å². The second kappa shape index (κ2) is 5.31. The van der Waals surface area contributed by atoms with Crippen molar-refractivity contribution in [2.75, 3.05) is 13.1 Å². The molecule has 2 N–H and O–H groups in total. The normalized spacial score (nSPS) is 19.0. The maximum atomic E-state index is 12.1. The van der Waals surface area contributed by atoms with Crippen molar-refractivity contribution in [2.24, 2.45) is 5.73 Å². The molecule has 4 heteroatoms. The Bertz CT molecular complexity index is 453. The van der Waals surface area contributed by atoms with Gasteiger partial charge in [-0.3, -0.25) is 9.59 Å². The summed E-state index contributed by atoms with van der Waals surface area (Å²) in [5, 5.41) is 0. The van der Waals surface area contributed by atoms with E-state index in [2.05, 4.69) is 0 Å². The molecule has 2 rings (SSSR count). The monoisotopic (exact) mass is 246 g/mol. The number of likely N-dealkylation sites (tertiary alicyclic amines) is 1. The summed E-state index contributed by atoms with van der Waals surface area (Å²) in [4.78, 5) is 25.4. The van der Waals surface area contributed by atoms with E-state index in [0.717, 1.165) is 13.0 Å². The van der Waals surface area contributed by atoms with Gasteiger partial charge in [0, 0.05) is 36.7 Å². The maximum Gasteiger partial charge on any atom is 0.253 e. The van der Waals surface area contributed by atoms with E-state index in [1.807, 2.05) is 6.92 Å². The second-order valence-corrected chi connectivity index (χ2v) is 4.65. The second-order valence-electron chi connectivity index (χ2n) is 4.65. The van der Waals surface area contributed by atoms with Gasteiger partial charge in [0.2, 0.25) is 0 Å². The van der Waals surface area contributed by atoms with E-state index < -0.39 is 0 Å². The third kappa shape index (κ3) is 2.59. The predicted octanol–water partition coefficient (Wildman–Crippen LogP) is 1.45. The van der Waals surface area contributed by atoms with Crippen molar-refractivity contribution in [1.29, 1.82) is 0 Å². The first-order chi connectivity index (χ1) is 8.61. The van der Waals surface area contributed by atoms with Crippen molar-refractivity contribution in [3.05, 3.63) is 35.4 Å². The number of hydrogen-bond acceptors (Lipinski definition) is 3. The minimum Gasteiger partial charge on any atom is -0.337 e. The molecule has 0 spiro atoms. The fraction of sp³-hybridized carbons (Fsp3) is 0.429. The number of ketones is 1. The Morgan fingerprint density at radius 2 is 1.89 bits per heavy atom. The van der Waals surface area contributed by atoms with Crippen LogP contribution in [0.4, 0.5) is 0 Å². The number of carbonyl (C=O) groups is 2.